The van der Waals surface area contributed by atoms with E-state index in [0.717, 1.165) is 0 Å². The number of halogens is 1. The van der Waals surface area contributed by atoms with Gasteiger partial charge in [-0.3, -0.25) is 4.79 Å². The SMILES string of the molecule is COc1ccc(Cl)c(-n2nnc(CC(=O)O)c2C)c1. The number of benzene rings is 1. The summed E-state index contributed by atoms with van der Waals surface area (Å²) in [6, 6.07) is 5.14. The van der Waals surface area contributed by atoms with Gasteiger partial charge in [-0.25, -0.2) is 4.68 Å². The first kappa shape index (κ1) is 13.4. The van der Waals surface area contributed by atoms with Crippen LogP contribution in [0.15, 0.2) is 18.2 Å². The number of aromatic nitrogens is 3. The molecule has 0 aliphatic carbocycles. The van der Waals surface area contributed by atoms with Gasteiger partial charge in [-0.2, -0.15) is 0 Å². The number of carboxylic acids is 1. The molecule has 0 radical (unpaired) electrons. The standard InChI is InChI=1S/C12H12ClN3O3/c1-7-10(6-12(17)18)14-15-16(7)11-5-8(19-2)3-4-9(11)13/h3-5H,6H2,1-2H3,(H,17,18). The molecule has 6 nitrogen and oxygen atoms in total. The highest BCUT2D eigenvalue weighted by atomic mass is 35.5. The lowest BCUT2D eigenvalue weighted by Gasteiger charge is -2.08. The zero-order valence-corrected chi connectivity index (χ0v) is 11.2. The van der Waals surface area contributed by atoms with E-state index in [0.29, 0.717) is 27.8 Å². The average Bonchev–Trinajstić information content (AvgIpc) is 2.71. The maximum atomic E-state index is 10.7. The van der Waals surface area contributed by atoms with E-state index < -0.39 is 5.97 Å². The van der Waals surface area contributed by atoms with Crippen molar-refractivity contribution < 1.29 is 14.6 Å². The molecule has 7 heteroatoms. The summed E-state index contributed by atoms with van der Waals surface area (Å²) in [5, 5.41) is 17.1. The Hall–Kier alpha value is -2.08. The molecule has 1 N–H and O–H groups in total. The van der Waals surface area contributed by atoms with Crippen LogP contribution in [0.1, 0.15) is 11.4 Å². The van der Waals surface area contributed by atoms with Gasteiger partial charge in [-0.05, 0) is 19.1 Å². The first-order valence-electron chi connectivity index (χ1n) is 5.50. The zero-order chi connectivity index (χ0) is 14.0. The van der Waals surface area contributed by atoms with Gasteiger partial charge in [0.25, 0.3) is 0 Å². The molecule has 2 aromatic rings. The van der Waals surface area contributed by atoms with E-state index >= 15 is 0 Å². The van der Waals surface area contributed by atoms with Gasteiger partial charge in [0.1, 0.15) is 5.75 Å². The highest BCUT2D eigenvalue weighted by molar-refractivity contribution is 6.32. The van der Waals surface area contributed by atoms with Crippen LogP contribution in [0, 0.1) is 6.92 Å². The minimum absolute atomic E-state index is 0.173. The second kappa shape index (κ2) is 5.27. The summed E-state index contributed by atoms with van der Waals surface area (Å²) >= 11 is 6.11. The van der Waals surface area contributed by atoms with Crippen molar-refractivity contribution in [2.75, 3.05) is 7.11 Å². The van der Waals surface area contributed by atoms with E-state index in [1.807, 2.05) is 0 Å². The molecule has 0 fully saturated rings. The van der Waals surface area contributed by atoms with Crippen LogP contribution in [0.5, 0.6) is 5.75 Å². The van der Waals surface area contributed by atoms with E-state index in [-0.39, 0.29) is 6.42 Å². The van der Waals surface area contributed by atoms with Crippen molar-refractivity contribution in [1.82, 2.24) is 15.0 Å². The fraction of sp³-hybridized carbons (Fsp3) is 0.250. The molecular formula is C12H12ClN3O3. The van der Waals surface area contributed by atoms with Gasteiger partial charge in [0.05, 0.1) is 35.6 Å². The molecule has 1 aromatic carbocycles. The van der Waals surface area contributed by atoms with Crippen LogP contribution in [0.4, 0.5) is 0 Å². The predicted molar refractivity (Wildman–Crippen MR) is 69.0 cm³/mol. The lowest BCUT2D eigenvalue weighted by atomic mass is 10.2. The molecule has 0 saturated carbocycles. The van der Waals surface area contributed by atoms with Gasteiger partial charge in [-0.15, -0.1) is 5.10 Å². The van der Waals surface area contributed by atoms with E-state index in [1.54, 1.807) is 32.2 Å². The maximum absolute atomic E-state index is 10.7. The number of carboxylic acid groups (broad SMARTS) is 1. The highest BCUT2D eigenvalue weighted by Gasteiger charge is 2.15. The van der Waals surface area contributed by atoms with E-state index in [2.05, 4.69) is 10.3 Å². The summed E-state index contributed by atoms with van der Waals surface area (Å²) in [7, 11) is 1.55. The molecule has 0 amide bonds. The Kier molecular flexibility index (Phi) is 3.71. The molecule has 2 rings (SSSR count). The fourth-order valence-electron chi connectivity index (χ4n) is 1.68. The van der Waals surface area contributed by atoms with Crippen molar-refractivity contribution in [2.24, 2.45) is 0 Å². The first-order chi connectivity index (χ1) is 9.02. The van der Waals surface area contributed by atoms with E-state index in [1.165, 1.54) is 4.68 Å². The molecule has 0 aliphatic rings. The van der Waals surface area contributed by atoms with Crippen molar-refractivity contribution >= 4 is 17.6 Å². The van der Waals surface area contributed by atoms with Gasteiger partial charge in [0.15, 0.2) is 0 Å². The number of aliphatic carboxylic acids is 1. The fourth-order valence-corrected chi connectivity index (χ4v) is 1.88. The van der Waals surface area contributed by atoms with Crippen molar-refractivity contribution in [2.45, 2.75) is 13.3 Å². The number of methoxy groups -OCH3 is 1. The number of hydrogen-bond donors (Lipinski definition) is 1. The van der Waals surface area contributed by atoms with E-state index in [9.17, 15) is 4.79 Å². The number of nitrogens with zero attached hydrogens (tertiary/aromatic N) is 3. The molecule has 19 heavy (non-hydrogen) atoms. The van der Waals surface area contributed by atoms with Gasteiger partial charge in [0, 0.05) is 6.07 Å². The van der Waals surface area contributed by atoms with Crippen LogP contribution in [-0.2, 0) is 11.2 Å². The Morgan fingerprint density at radius 2 is 2.26 bits per heavy atom. The molecule has 100 valence electrons. The molecule has 0 saturated heterocycles. The number of hydrogen-bond acceptors (Lipinski definition) is 4. The Morgan fingerprint density at radius 1 is 1.53 bits per heavy atom. The van der Waals surface area contributed by atoms with Gasteiger partial charge < -0.3 is 9.84 Å². The van der Waals surface area contributed by atoms with Crippen LogP contribution >= 0.6 is 11.6 Å². The highest BCUT2D eigenvalue weighted by Crippen LogP contribution is 2.26. The Balaban J connectivity index is 2.47. The summed E-state index contributed by atoms with van der Waals surface area (Å²) in [4.78, 5) is 10.7. The van der Waals surface area contributed by atoms with Crippen molar-refractivity contribution in [3.05, 3.63) is 34.6 Å². The summed E-state index contributed by atoms with van der Waals surface area (Å²) in [6.45, 7) is 1.74. The quantitative estimate of drug-likeness (QED) is 0.925. The lowest BCUT2D eigenvalue weighted by Crippen LogP contribution is -2.04. The second-order valence-electron chi connectivity index (χ2n) is 3.92. The first-order valence-corrected chi connectivity index (χ1v) is 5.87. The third kappa shape index (κ3) is 2.68. The summed E-state index contributed by atoms with van der Waals surface area (Å²) < 4.78 is 6.63. The monoisotopic (exact) mass is 281 g/mol. The smallest absolute Gasteiger partial charge is 0.309 e. The largest absolute Gasteiger partial charge is 0.497 e. The van der Waals surface area contributed by atoms with Crippen molar-refractivity contribution in [1.29, 1.82) is 0 Å². The molecule has 1 aromatic heterocycles. The van der Waals surface area contributed by atoms with Crippen molar-refractivity contribution in [3.8, 4) is 11.4 Å². The minimum Gasteiger partial charge on any atom is -0.497 e. The molecule has 0 bridgehead atoms. The molecule has 0 aliphatic heterocycles. The summed E-state index contributed by atoms with van der Waals surface area (Å²) in [6.07, 6.45) is -0.173. The third-order valence-corrected chi connectivity index (χ3v) is 3.01. The average molecular weight is 282 g/mol. The van der Waals surface area contributed by atoms with Crippen LogP contribution in [0.2, 0.25) is 5.02 Å². The third-order valence-electron chi connectivity index (χ3n) is 2.69. The summed E-state index contributed by atoms with van der Waals surface area (Å²) in [5.41, 5.74) is 1.64. The van der Waals surface area contributed by atoms with Crippen LogP contribution in [-0.4, -0.2) is 33.2 Å². The number of rotatable bonds is 4. The van der Waals surface area contributed by atoms with Crippen LogP contribution < -0.4 is 4.74 Å². The van der Waals surface area contributed by atoms with E-state index in [4.69, 9.17) is 21.4 Å². The molecule has 0 unspecified atom stereocenters. The second-order valence-corrected chi connectivity index (χ2v) is 4.33. The molecule has 1 heterocycles. The normalized spacial score (nSPS) is 10.5. The summed E-state index contributed by atoms with van der Waals surface area (Å²) in [5.74, 6) is -0.319. The number of carbonyl (C=O) groups is 1. The topological polar surface area (TPSA) is 77.2 Å². The number of ether oxygens (including phenoxy) is 1. The molecular weight excluding hydrogens is 270 g/mol. The molecule has 0 atom stereocenters. The van der Waals surface area contributed by atoms with Gasteiger partial charge in [0.2, 0.25) is 0 Å². The molecule has 0 spiro atoms. The van der Waals surface area contributed by atoms with Gasteiger partial charge >= 0.3 is 5.97 Å². The van der Waals surface area contributed by atoms with Crippen molar-refractivity contribution in [3.63, 3.8) is 0 Å². The van der Waals surface area contributed by atoms with Crippen LogP contribution in [0.25, 0.3) is 5.69 Å². The minimum atomic E-state index is -0.952. The Morgan fingerprint density at radius 3 is 2.89 bits per heavy atom. The maximum Gasteiger partial charge on any atom is 0.309 e. The Labute approximate surface area is 114 Å². The van der Waals surface area contributed by atoms with Crippen LogP contribution in [0.3, 0.4) is 0 Å². The lowest BCUT2D eigenvalue weighted by molar-refractivity contribution is -0.136. The van der Waals surface area contributed by atoms with Gasteiger partial charge in [-0.1, -0.05) is 16.8 Å². The zero-order valence-electron chi connectivity index (χ0n) is 10.4. The Bertz CT molecular complexity index is 625. The predicted octanol–water partition coefficient (Wildman–Crippen LogP) is 1.86.